The first kappa shape index (κ1) is 20.4. The third-order valence-corrected chi connectivity index (χ3v) is 6.54. The molecule has 162 valence electrons. The topological polar surface area (TPSA) is 81.8 Å². The number of halogens is 1. The van der Waals surface area contributed by atoms with Crippen molar-refractivity contribution in [3.05, 3.63) is 82.5 Å². The Kier molecular flexibility index (Phi) is 5.48. The minimum absolute atomic E-state index is 0.0895. The highest BCUT2D eigenvalue weighted by atomic mass is 32.2. The van der Waals surface area contributed by atoms with Crippen molar-refractivity contribution in [2.24, 2.45) is 0 Å². The molecule has 3 heterocycles. The number of nitrogens with zero attached hydrogens (tertiary/aromatic N) is 4. The van der Waals surface area contributed by atoms with Crippen molar-refractivity contribution in [2.45, 2.75) is 24.0 Å². The predicted molar refractivity (Wildman–Crippen MR) is 121 cm³/mol. The molecule has 0 saturated carbocycles. The summed E-state index contributed by atoms with van der Waals surface area (Å²) in [5, 5.41) is 8.16. The number of nitrogens with one attached hydrogen (secondary N) is 1. The molecule has 0 aliphatic carbocycles. The van der Waals surface area contributed by atoms with Crippen LogP contribution in [0.5, 0.6) is 0 Å². The Balaban J connectivity index is 1.33. The molecule has 1 aliphatic heterocycles. The van der Waals surface area contributed by atoms with Gasteiger partial charge in [-0.3, -0.25) is 14.2 Å². The number of thioether (sulfide) groups is 1. The molecule has 2 aromatic carbocycles. The van der Waals surface area contributed by atoms with Crippen molar-refractivity contribution in [3.63, 3.8) is 0 Å². The Morgan fingerprint density at radius 3 is 2.72 bits per heavy atom. The van der Waals surface area contributed by atoms with E-state index in [4.69, 9.17) is 0 Å². The van der Waals surface area contributed by atoms with Crippen molar-refractivity contribution in [2.75, 3.05) is 12.3 Å². The molecule has 2 aromatic heterocycles. The minimum Gasteiger partial charge on any atom is -0.356 e. The molecule has 9 heteroatoms. The number of carbonyl (C=O) groups is 1. The van der Waals surface area contributed by atoms with Gasteiger partial charge in [-0.25, -0.2) is 14.1 Å². The van der Waals surface area contributed by atoms with Crippen LogP contribution in [-0.4, -0.2) is 37.5 Å². The summed E-state index contributed by atoms with van der Waals surface area (Å²) in [6.07, 6.45) is 2.45. The average molecular weight is 450 g/mol. The summed E-state index contributed by atoms with van der Waals surface area (Å²) < 4.78 is 16.4. The van der Waals surface area contributed by atoms with Gasteiger partial charge in [0.2, 0.25) is 5.91 Å². The van der Waals surface area contributed by atoms with E-state index in [1.165, 1.54) is 34.8 Å². The summed E-state index contributed by atoms with van der Waals surface area (Å²) in [4.78, 5) is 30.3. The molecule has 0 saturated heterocycles. The van der Waals surface area contributed by atoms with Gasteiger partial charge >= 0.3 is 0 Å². The quantitative estimate of drug-likeness (QED) is 0.458. The van der Waals surface area contributed by atoms with Gasteiger partial charge in [-0.05, 0) is 36.2 Å². The lowest BCUT2D eigenvalue weighted by Gasteiger charge is -2.13. The molecule has 32 heavy (non-hydrogen) atoms. The van der Waals surface area contributed by atoms with E-state index in [-0.39, 0.29) is 29.7 Å². The SMILES string of the molecule is O=C(C[C@@H]1CSc2nc3c(cnn3-c3ccc(F)cc3)c(=O)n21)NCCc1ccccc1. The van der Waals surface area contributed by atoms with E-state index in [2.05, 4.69) is 15.4 Å². The van der Waals surface area contributed by atoms with E-state index in [0.717, 1.165) is 12.0 Å². The highest BCUT2D eigenvalue weighted by molar-refractivity contribution is 7.99. The number of fused-ring (bicyclic) bond motifs is 2. The number of hydrogen-bond donors (Lipinski definition) is 1. The van der Waals surface area contributed by atoms with E-state index < -0.39 is 0 Å². The normalized spacial score (nSPS) is 15.1. The summed E-state index contributed by atoms with van der Waals surface area (Å²) in [5.74, 6) is 0.165. The Morgan fingerprint density at radius 2 is 1.94 bits per heavy atom. The molecule has 1 amide bonds. The number of hydrogen-bond acceptors (Lipinski definition) is 5. The molecule has 0 bridgehead atoms. The third-order valence-electron chi connectivity index (χ3n) is 5.44. The number of benzene rings is 2. The van der Waals surface area contributed by atoms with E-state index in [1.807, 2.05) is 30.3 Å². The lowest BCUT2D eigenvalue weighted by atomic mass is 10.1. The zero-order chi connectivity index (χ0) is 22.1. The van der Waals surface area contributed by atoms with Gasteiger partial charge in [-0.2, -0.15) is 5.10 Å². The van der Waals surface area contributed by atoms with E-state index >= 15 is 0 Å². The highest BCUT2D eigenvalue weighted by Crippen LogP contribution is 2.33. The second-order valence-electron chi connectivity index (χ2n) is 7.59. The van der Waals surface area contributed by atoms with Gasteiger partial charge in [-0.15, -0.1) is 0 Å². The molecular formula is C23H20FN5O2S. The summed E-state index contributed by atoms with van der Waals surface area (Å²) in [6.45, 7) is 0.548. The second-order valence-corrected chi connectivity index (χ2v) is 8.58. The van der Waals surface area contributed by atoms with Crippen LogP contribution in [0.15, 0.2) is 70.7 Å². The Morgan fingerprint density at radius 1 is 1.16 bits per heavy atom. The Bertz CT molecular complexity index is 1330. The number of aromatic nitrogens is 4. The van der Waals surface area contributed by atoms with Crippen molar-refractivity contribution in [3.8, 4) is 5.69 Å². The van der Waals surface area contributed by atoms with Crippen molar-refractivity contribution in [1.82, 2.24) is 24.6 Å². The largest absolute Gasteiger partial charge is 0.356 e. The fraction of sp³-hybridized carbons (Fsp3) is 0.217. The number of carbonyl (C=O) groups excluding carboxylic acids is 1. The van der Waals surface area contributed by atoms with Crippen molar-refractivity contribution in [1.29, 1.82) is 0 Å². The zero-order valence-corrected chi connectivity index (χ0v) is 17.9. The minimum atomic E-state index is -0.348. The molecule has 0 unspecified atom stereocenters. The fourth-order valence-corrected chi connectivity index (χ4v) is 4.96. The van der Waals surface area contributed by atoms with Gasteiger partial charge in [0.05, 0.1) is 17.9 Å². The van der Waals surface area contributed by atoms with E-state index in [1.54, 1.807) is 16.7 Å². The summed E-state index contributed by atoms with van der Waals surface area (Å²) in [6, 6.07) is 15.6. The van der Waals surface area contributed by atoms with Gasteiger partial charge < -0.3 is 5.32 Å². The second kappa shape index (κ2) is 8.58. The molecule has 1 N–H and O–H groups in total. The summed E-state index contributed by atoms with van der Waals surface area (Å²) in [7, 11) is 0. The van der Waals surface area contributed by atoms with Crippen LogP contribution in [0, 0.1) is 5.82 Å². The maximum atomic E-state index is 13.3. The van der Waals surface area contributed by atoms with Crippen LogP contribution in [0.1, 0.15) is 18.0 Å². The molecule has 5 rings (SSSR count). The molecule has 0 radical (unpaired) electrons. The summed E-state index contributed by atoms with van der Waals surface area (Å²) in [5.41, 5.74) is 1.99. The van der Waals surface area contributed by atoms with Gasteiger partial charge in [-0.1, -0.05) is 42.1 Å². The van der Waals surface area contributed by atoms with Crippen LogP contribution in [0.3, 0.4) is 0 Å². The van der Waals surface area contributed by atoms with Crippen LogP contribution in [0.25, 0.3) is 16.7 Å². The van der Waals surface area contributed by atoms with Crippen molar-refractivity contribution >= 4 is 28.7 Å². The van der Waals surface area contributed by atoms with Gasteiger partial charge in [0.15, 0.2) is 10.8 Å². The van der Waals surface area contributed by atoms with Crippen molar-refractivity contribution < 1.29 is 9.18 Å². The van der Waals surface area contributed by atoms with E-state index in [9.17, 15) is 14.0 Å². The smallest absolute Gasteiger partial charge is 0.265 e. The maximum Gasteiger partial charge on any atom is 0.265 e. The first-order valence-electron chi connectivity index (χ1n) is 10.3. The molecule has 4 aromatic rings. The molecule has 0 fully saturated rings. The highest BCUT2D eigenvalue weighted by Gasteiger charge is 2.29. The fourth-order valence-electron chi connectivity index (χ4n) is 3.83. The Labute approximate surface area is 187 Å². The first-order chi connectivity index (χ1) is 15.6. The maximum absolute atomic E-state index is 13.3. The molecule has 1 atom stereocenters. The Hall–Kier alpha value is -3.46. The lowest BCUT2D eigenvalue weighted by Crippen LogP contribution is -2.31. The number of amides is 1. The monoisotopic (exact) mass is 449 g/mol. The molecular weight excluding hydrogens is 429 g/mol. The van der Waals surface area contributed by atoms with Crippen LogP contribution in [0.2, 0.25) is 0 Å². The average Bonchev–Trinajstić information content (AvgIpc) is 3.40. The van der Waals surface area contributed by atoms with Crippen LogP contribution < -0.4 is 10.9 Å². The molecule has 1 aliphatic rings. The van der Waals surface area contributed by atoms with Crippen LogP contribution in [0.4, 0.5) is 4.39 Å². The first-order valence-corrected chi connectivity index (χ1v) is 11.3. The molecule has 7 nitrogen and oxygen atoms in total. The van der Waals surface area contributed by atoms with Gasteiger partial charge in [0.25, 0.3) is 5.56 Å². The molecule has 0 spiro atoms. The standard InChI is InChI=1S/C23H20FN5O2S/c24-16-6-8-17(9-7-16)29-21-19(13-26-29)22(31)28-18(14-32-23(28)27-21)12-20(30)25-11-10-15-4-2-1-3-5-15/h1-9,13,18H,10-12,14H2,(H,25,30)/t18-/m1/s1. The van der Waals surface area contributed by atoms with Gasteiger partial charge in [0.1, 0.15) is 11.2 Å². The predicted octanol–water partition coefficient (Wildman–Crippen LogP) is 3.12. The van der Waals surface area contributed by atoms with Crippen LogP contribution >= 0.6 is 11.8 Å². The third kappa shape index (κ3) is 3.91. The van der Waals surface area contributed by atoms with Gasteiger partial charge in [0, 0.05) is 18.7 Å². The lowest BCUT2D eigenvalue weighted by molar-refractivity contribution is -0.121. The number of rotatable bonds is 6. The summed E-state index contributed by atoms with van der Waals surface area (Å²) >= 11 is 1.45. The zero-order valence-electron chi connectivity index (χ0n) is 17.1. The van der Waals surface area contributed by atoms with E-state index in [0.29, 0.717) is 34.2 Å². The van der Waals surface area contributed by atoms with Crippen LogP contribution in [-0.2, 0) is 11.2 Å².